The van der Waals surface area contributed by atoms with Gasteiger partial charge in [0, 0.05) is 13.1 Å². The van der Waals surface area contributed by atoms with Gasteiger partial charge in [-0.2, -0.15) is 0 Å². The maximum Gasteiger partial charge on any atom is 0.306 e. The molecule has 2 aromatic heterocycles. The van der Waals surface area contributed by atoms with Gasteiger partial charge in [0.2, 0.25) is 0 Å². The van der Waals surface area contributed by atoms with Crippen molar-refractivity contribution in [3.8, 4) is 0 Å². The summed E-state index contributed by atoms with van der Waals surface area (Å²) >= 11 is 1.21. The number of amides is 2. The number of hydrogen-bond acceptors (Lipinski definition) is 5. The summed E-state index contributed by atoms with van der Waals surface area (Å²) in [6.45, 7) is 2.68. The Hall–Kier alpha value is -2.61. The normalized spacial score (nSPS) is 15.2. The first-order valence-corrected chi connectivity index (χ1v) is 8.74. The van der Waals surface area contributed by atoms with E-state index in [1.165, 1.54) is 17.6 Å². The molecule has 1 aliphatic heterocycles. The number of furan rings is 1. The Morgan fingerprint density at radius 3 is 2.64 bits per heavy atom. The minimum atomic E-state index is -0.803. The molecule has 0 aromatic carbocycles. The number of rotatable bonds is 4. The van der Waals surface area contributed by atoms with Crippen molar-refractivity contribution < 1.29 is 23.9 Å². The van der Waals surface area contributed by atoms with Crippen LogP contribution in [0.2, 0.25) is 0 Å². The third kappa shape index (κ3) is 3.74. The molecule has 132 valence electrons. The number of hydrogen-bond donors (Lipinski definition) is 2. The van der Waals surface area contributed by atoms with Crippen molar-refractivity contribution in [3.63, 3.8) is 0 Å². The predicted octanol–water partition coefficient (Wildman–Crippen LogP) is 2.84. The van der Waals surface area contributed by atoms with Crippen LogP contribution in [0.4, 0.5) is 5.00 Å². The van der Waals surface area contributed by atoms with Crippen LogP contribution in [-0.4, -0.2) is 40.9 Å². The number of carboxylic acids is 1. The van der Waals surface area contributed by atoms with Gasteiger partial charge in [0.25, 0.3) is 11.8 Å². The van der Waals surface area contributed by atoms with Crippen molar-refractivity contribution in [3.05, 3.63) is 40.7 Å². The van der Waals surface area contributed by atoms with Gasteiger partial charge < -0.3 is 19.7 Å². The van der Waals surface area contributed by atoms with Gasteiger partial charge in [-0.05, 0) is 43.5 Å². The van der Waals surface area contributed by atoms with Gasteiger partial charge in [0.15, 0.2) is 5.76 Å². The van der Waals surface area contributed by atoms with E-state index >= 15 is 0 Å². The number of thiophene rings is 1. The maximum atomic E-state index is 12.7. The molecular weight excluding hydrogens is 344 g/mol. The first-order valence-electron chi connectivity index (χ1n) is 7.93. The SMILES string of the molecule is Cc1cc(NC(=O)c2ccco2)sc1C(=O)N1CCC(C(=O)O)CC1. The van der Waals surface area contributed by atoms with E-state index in [0.29, 0.717) is 35.8 Å². The van der Waals surface area contributed by atoms with Crippen molar-refractivity contribution in [2.24, 2.45) is 5.92 Å². The van der Waals surface area contributed by atoms with Crippen LogP contribution in [0.3, 0.4) is 0 Å². The number of carboxylic acid groups (broad SMARTS) is 1. The Morgan fingerprint density at radius 2 is 2.04 bits per heavy atom. The van der Waals surface area contributed by atoms with Gasteiger partial charge in [-0.15, -0.1) is 11.3 Å². The molecule has 0 spiro atoms. The third-order valence-corrected chi connectivity index (χ3v) is 5.37. The molecule has 2 N–H and O–H groups in total. The number of likely N-dealkylation sites (tertiary alicyclic amines) is 1. The highest BCUT2D eigenvalue weighted by Gasteiger charge is 2.29. The first-order chi connectivity index (χ1) is 12.0. The molecule has 25 heavy (non-hydrogen) atoms. The fourth-order valence-electron chi connectivity index (χ4n) is 2.81. The summed E-state index contributed by atoms with van der Waals surface area (Å²) in [6, 6.07) is 4.95. The zero-order valence-corrected chi connectivity index (χ0v) is 14.5. The number of piperidine rings is 1. The second kappa shape index (κ2) is 7.10. The van der Waals surface area contributed by atoms with Crippen LogP contribution in [0.5, 0.6) is 0 Å². The average molecular weight is 362 g/mol. The van der Waals surface area contributed by atoms with Crippen molar-refractivity contribution in [1.82, 2.24) is 4.90 Å². The molecule has 2 amide bonds. The van der Waals surface area contributed by atoms with E-state index in [9.17, 15) is 14.4 Å². The summed E-state index contributed by atoms with van der Waals surface area (Å²) in [6.07, 6.45) is 2.35. The Kier molecular flexibility index (Phi) is 4.89. The van der Waals surface area contributed by atoms with Gasteiger partial charge in [-0.25, -0.2) is 0 Å². The molecule has 7 nitrogen and oxygen atoms in total. The second-order valence-corrected chi connectivity index (χ2v) is 7.01. The molecule has 0 atom stereocenters. The Bertz CT molecular complexity index is 788. The summed E-state index contributed by atoms with van der Waals surface area (Å²) in [7, 11) is 0. The summed E-state index contributed by atoms with van der Waals surface area (Å²) in [5.74, 6) is -1.47. The Balaban J connectivity index is 1.67. The first kappa shape index (κ1) is 17.2. The van der Waals surface area contributed by atoms with E-state index < -0.39 is 5.97 Å². The number of nitrogens with zero attached hydrogens (tertiary/aromatic N) is 1. The van der Waals surface area contributed by atoms with Crippen molar-refractivity contribution in [1.29, 1.82) is 0 Å². The zero-order chi connectivity index (χ0) is 18.0. The molecule has 0 radical (unpaired) electrons. The lowest BCUT2D eigenvalue weighted by molar-refractivity contribution is -0.143. The van der Waals surface area contributed by atoms with Crippen LogP contribution in [0.1, 0.15) is 38.6 Å². The van der Waals surface area contributed by atoms with Gasteiger partial charge >= 0.3 is 5.97 Å². The number of anilines is 1. The molecule has 1 saturated heterocycles. The molecule has 3 rings (SSSR count). The van der Waals surface area contributed by atoms with Crippen molar-refractivity contribution >= 4 is 34.1 Å². The van der Waals surface area contributed by atoms with Crippen molar-refractivity contribution in [2.45, 2.75) is 19.8 Å². The standard InChI is InChI=1S/C17H18N2O5S/c1-10-9-13(18-15(20)12-3-2-8-24-12)25-14(10)16(21)19-6-4-11(5-7-19)17(22)23/h2-3,8-9,11H,4-7H2,1H3,(H,18,20)(H,22,23). The van der Waals surface area contributed by atoms with Gasteiger partial charge in [-0.1, -0.05) is 0 Å². The van der Waals surface area contributed by atoms with Crippen LogP contribution in [0.25, 0.3) is 0 Å². The molecule has 0 aliphatic carbocycles. The Labute approximate surface area is 148 Å². The number of nitrogens with one attached hydrogen (secondary N) is 1. The molecule has 0 unspecified atom stereocenters. The highest BCUT2D eigenvalue weighted by molar-refractivity contribution is 7.18. The van der Waals surface area contributed by atoms with Crippen LogP contribution in [0, 0.1) is 12.8 Å². The molecule has 0 bridgehead atoms. The molecule has 8 heteroatoms. The van der Waals surface area contributed by atoms with E-state index in [-0.39, 0.29) is 23.5 Å². The minimum absolute atomic E-state index is 0.121. The lowest BCUT2D eigenvalue weighted by Gasteiger charge is -2.29. The summed E-state index contributed by atoms with van der Waals surface area (Å²) in [4.78, 5) is 37.9. The van der Waals surface area contributed by atoms with E-state index in [2.05, 4.69) is 5.32 Å². The van der Waals surface area contributed by atoms with Crippen LogP contribution in [-0.2, 0) is 4.79 Å². The van der Waals surface area contributed by atoms with Gasteiger partial charge in [0.05, 0.1) is 22.1 Å². The van der Waals surface area contributed by atoms with Gasteiger partial charge in [0.1, 0.15) is 0 Å². The molecule has 1 fully saturated rings. The predicted molar refractivity (Wildman–Crippen MR) is 92.0 cm³/mol. The third-order valence-electron chi connectivity index (χ3n) is 4.23. The van der Waals surface area contributed by atoms with E-state index in [4.69, 9.17) is 9.52 Å². The largest absolute Gasteiger partial charge is 0.481 e. The highest BCUT2D eigenvalue weighted by Crippen LogP contribution is 2.29. The molecule has 3 heterocycles. The quantitative estimate of drug-likeness (QED) is 0.871. The van der Waals surface area contributed by atoms with E-state index in [1.54, 1.807) is 23.1 Å². The summed E-state index contributed by atoms with van der Waals surface area (Å²) in [5.41, 5.74) is 0.783. The maximum absolute atomic E-state index is 12.7. The minimum Gasteiger partial charge on any atom is -0.481 e. The number of aliphatic carboxylic acids is 1. The second-order valence-electron chi connectivity index (χ2n) is 5.96. The lowest BCUT2D eigenvalue weighted by Crippen LogP contribution is -2.40. The Morgan fingerprint density at radius 1 is 1.32 bits per heavy atom. The average Bonchev–Trinajstić information content (AvgIpc) is 3.24. The smallest absolute Gasteiger partial charge is 0.306 e. The van der Waals surface area contributed by atoms with Crippen LogP contribution < -0.4 is 5.32 Å². The van der Waals surface area contributed by atoms with E-state index in [1.807, 2.05) is 6.92 Å². The van der Waals surface area contributed by atoms with Gasteiger partial charge in [-0.3, -0.25) is 14.4 Å². The molecule has 0 saturated carbocycles. The van der Waals surface area contributed by atoms with Crippen molar-refractivity contribution in [2.75, 3.05) is 18.4 Å². The highest BCUT2D eigenvalue weighted by atomic mass is 32.1. The molecule has 2 aromatic rings. The molecule has 1 aliphatic rings. The topological polar surface area (TPSA) is 99.9 Å². The van der Waals surface area contributed by atoms with Crippen LogP contribution in [0.15, 0.2) is 28.9 Å². The summed E-state index contributed by atoms with van der Waals surface area (Å²) in [5, 5.41) is 12.3. The summed E-state index contributed by atoms with van der Waals surface area (Å²) < 4.78 is 5.05. The van der Waals surface area contributed by atoms with Crippen LogP contribution >= 0.6 is 11.3 Å². The van der Waals surface area contributed by atoms with E-state index in [0.717, 1.165) is 5.56 Å². The molecular formula is C17H18N2O5S. The number of aryl methyl sites for hydroxylation is 1. The monoisotopic (exact) mass is 362 g/mol. The number of carbonyl (C=O) groups excluding carboxylic acids is 2. The number of carbonyl (C=O) groups is 3. The lowest BCUT2D eigenvalue weighted by atomic mass is 9.97. The fraction of sp³-hybridized carbons (Fsp3) is 0.353. The zero-order valence-electron chi connectivity index (χ0n) is 13.7. The fourth-order valence-corrected chi connectivity index (χ4v) is 3.85.